The number of amides is 2. The number of carbonyl (C=O) groups excluding carboxylic acids is 2. The molecule has 0 unspecified atom stereocenters. The lowest BCUT2D eigenvalue weighted by Gasteiger charge is -2.15. The fourth-order valence-electron chi connectivity index (χ4n) is 3.60. The number of fused-ring (bicyclic) bond motifs is 2. The number of para-hydroxylation sites is 1. The van der Waals surface area contributed by atoms with Gasteiger partial charge in [0.25, 0.3) is 0 Å². The van der Waals surface area contributed by atoms with Crippen LogP contribution in [0.4, 0.5) is 5.82 Å². The number of nitrogens with zero attached hydrogens (tertiary/aromatic N) is 2. The Morgan fingerprint density at radius 1 is 1.40 bits per heavy atom. The van der Waals surface area contributed by atoms with Gasteiger partial charge in [-0.25, -0.2) is 4.98 Å². The number of anilines is 1. The van der Waals surface area contributed by atoms with Crippen molar-refractivity contribution in [2.24, 2.45) is 5.73 Å². The van der Waals surface area contributed by atoms with Gasteiger partial charge in [-0.15, -0.1) is 0 Å². The van der Waals surface area contributed by atoms with Crippen LogP contribution in [-0.4, -0.2) is 34.8 Å². The molecule has 2 aromatic heterocycles. The van der Waals surface area contributed by atoms with Crippen LogP contribution in [0.5, 0.6) is 0 Å². The van der Waals surface area contributed by atoms with Gasteiger partial charge < -0.3 is 20.4 Å². The number of nitrogens with one attached hydrogen (secondary N) is 1. The van der Waals surface area contributed by atoms with Crippen LogP contribution < -0.4 is 11.1 Å². The minimum atomic E-state index is -0.532. The fourth-order valence-corrected chi connectivity index (χ4v) is 3.60. The lowest BCUT2D eigenvalue weighted by molar-refractivity contribution is -0.125. The van der Waals surface area contributed by atoms with E-state index in [4.69, 9.17) is 10.2 Å². The minimum Gasteiger partial charge on any atom is -0.461 e. The summed E-state index contributed by atoms with van der Waals surface area (Å²) in [7, 11) is 1.76. The second-order valence-electron chi connectivity index (χ2n) is 7.57. The second kappa shape index (κ2) is 8.12. The number of hydrogen-bond donors (Lipinski definition) is 2. The van der Waals surface area contributed by atoms with Crippen molar-refractivity contribution in [3.63, 3.8) is 0 Å². The lowest BCUT2D eigenvalue weighted by Crippen LogP contribution is -2.34. The molecule has 7 heteroatoms. The van der Waals surface area contributed by atoms with Crippen molar-refractivity contribution in [2.75, 3.05) is 12.4 Å². The molecule has 1 aromatic carbocycles. The zero-order chi connectivity index (χ0) is 21.3. The zero-order valence-corrected chi connectivity index (χ0v) is 17.0. The quantitative estimate of drug-likeness (QED) is 0.651. The number of nitrogens with two attached hydrogens (primary N) is 1. The first kappa shape index (κ1) is 19.8. The first-order valence-corrected chi connectivity index (χ1v) is 9.88. The van der Waals surface area contributed by atoms with E-state index in [2.05, 4.69) is 10.3 Å². The third kappa shape index (κ3) is 3.97. The van der Waals surface area contributed by atoms with Gasteiger partial charge >= 0.3 is 0 Å². The smallest absolute Gasteiger partial charge is 0.246 e. The lowest BCUT2D eigenvalue weighted by atomic mass is 10.1. The van der Waals surface area contributed by atoms with Gasteiger partial charge in [-0.3, -0.25) is 9.59 Å². The van der Waals surface area contributed by atoms with Gasteiger partial charge in [0.1, 0.15) is 17.2 Å². The number of pyridine rings is 1. The van der Waals surface area contributed by atoms with Crippen molar-refractivity contribution in [3.8, 4) is 0 Å². The normalized spacial score (nSPS) is 16.4. The average Bonchev–Trinajstić information content (AvgIpc) is 2.98. The Morgan fingerprint density at radius 2 is 2.20 bits per heavy atom. The first-order chi connectivity index (χ1) is 14.4. The van der Waals surface area contributed by atoms with Gasteiger partial charge in [0, 0.05) is 36.8 Å². The molecule has 0 fully saturated rings. The molecule has 4 rings (SSSR count). The SMILES string of the molecule is Cc1oc2ccccc2c1CN(C)C(=O)/C=C/c1cnc2c(c1)CC[C@H](N)C(=O)N2. The Morgan fingerprint density at radius 3 is 3.03 bits per heavy atom. The Labute approximate surface area is 174 Å². The summed E-state index contributed by atoms with van der Waals surface area (Å²) in [5.74, 6) is 1.01. The average molecular weight is 404 g/mol. The summed E-state index contributed by atoms with van der Waals surface area (Å²) < 4.78 is 5.78. The summed E-state index contributed by atoms with van der Waals surface area (Å²) in [5.41, 5.74) is 9.36. The van der Waals surface area contributed by atoms with Crippen molar-refractivity contribution < 1.29 is 14.0 Å². The number of likely N-dealkylation sites (N-methyl/N-ethyl adjacent to an activating group) is 1. The Hall–Kier alpha value is -3.45. The van der Waals surface area contributed by atoms with Crippen molar-refractivity contribution in [1.82, 2.24) is 9.88 Å². The third-order valence-electron chi connectivity index (χ3n) is 5.38. The molecule has 154 valence electrons. The molecule has 3 heterocycles. The van der Waals surface area contributed by atoms with E-state index in [-0.39, 0.29) is 11.8 Å². The van der Waals surface area contributed by atoms with Crippen LogP contribution in [0, 0.1) is 6.92 Å². The van der Waals surface area contributed by atoms with E-state index < -0.39 is 6.04 Å². The fraction of sp³-hybridized carbons (Fsp3) is 0.261. The minimum absolute atomic E-state index is 0.120. The number of furan rings is 1. The Balaban J connectivity index is 1.47. The molecule has 3 aromatic rings. The van der Waals surface area contributed by atoms with E-state index in [0.717, 1.165) is 33.4 Å². The van der Waals surface area contributed by atoms with Crippen molar-refractivity contribution >= 4 is 34.7 Å². The van der Waals surface area contributed by atoms with Crippen molar-refractivity contribution in [3.05, 3.63) is 65.1 Å². The van der Waals surface area contributed by atoms with Crippen LogP contribution in [0.3, 0.4) is 0 Å². The molecular weight excluding hydrogens is 380 g/mol. The van der Waals surface area contributed by atoms with E-state index in [1.54, 1.807) is 24.2 Å². The van der Waals surface area contributed by atoms with Gasteiger partial charge in [-0.1, -0.05) is 18.2 Å². The number of aromatic nitrogens is 1. The number of rotatable bonds is 4. The predicted molar refractivity (Wildman–Crippen MR) is 116 cm³/mol. The van der Waals surface area contributed by atoms with Crippen LogP contribution in [0.2, 0.25) is 0 Å². The zero-order valence-electron chi connectivity index (χ0n) is 17.0. The summed E-state index contributed by atoms with van der Waals surface area (Å²) in [5, 5.41) is 3.77. The van der Waals surface area contributed by atoms with Gasteiger partial charge in [0.2, 0.25) is 11.8 Å². The van der Waals surface area contributed by atoms with Crippen LogP contribution in [0.25, 0.3) is 17.0 Å². The van der Waals surface area contributed by atoms with Gasteiger partial charge in [0.15, 0.2) is 0 Å². The van der Waals surface area contributed by atoms with E-state index in [9.17, 15) is 9.59 Å². The van der Waals surface area contributed by atoms with Gasteiger partial charge in [0.05, 0.1) is 6.04 Å². The highest BCUT2D eigenvalue weighted by atomic mass is 16.3. The first-order valence-electron chi connectivity index (χ1n) is 9.88. The second-order valence-corrected chi connectivity index (χ2v) is 7.57. The number of carbonyl (C=O) groups is 2. The van der Waals surface area contributed by atoms with Crippen LogP contribution >= 0.6 is 0 Å². The highest BCUT2D eigenvalue weighted by molar-refractivity contribution is 5.95. The Bertz CT molecular complexity index is 1150. The molecule has 3 N–H and O–H groups in total. The van der Waals surface area contributed by atoms with Gasteiger partial charge in [-0.2, -0.15) is 0 Å². The van der Waals surface area contributed by atoms with Crippen molar-refractivity contribution in [2.45, 2.75) is 32.4 Å². The summed E-state index contributed by atoms with van der Waals surface area (Å²) in [6.07, 6.45) is 6.12. The molecule has 1 atom stereocenters. The highest BCUT2D eigenvalue weighted by Crippen LogP contribution is 2.26. The number of hydrogen-bond acceptors (Lipinski definition) is 5. The van der Waals surface area contributed by atoms with Crippen LogP contribution in [-0.2, 0) is 22.6 Å². The predicted octanol–water partition coefficient (Wildman–Crippen LogP) is 3.02. The summed E-state index contributed by atoms with van der Waals surface area (Å²) >= 11 is 0. The maximum absolute atomic E-state index is 12.6. The largest absolute Gasteiger partial charge is 0.461 e. The standard InChI is InChI=1S/C23H24N4O3/c1-14-18(17-5-3-4-6-20(17)30-14)13-27(2)21(28)10-7-15-11-16-8-9-19(24)23(29)26-22(16)25-12-15/h3-7,10-12,19H,8-9,13,24H2,1-2H3,(H,25,26,29)/b10-7+/t19-/m0/s1. The molecular formula is C23H24N4O3. The molecule has 2 amide bonds. The molecule has 7 nitrogen and oxygen atoms in total. The van der Waals surface area contributed by atoms with Gasteiger partial charge in [-0.05, 0) is 49.1 Å². The number of aryl methyl sites for hydroxylation is 2. The van der Waals surface area contributed by atoms with Crippen molar-refractivity contribution in [1.29, 1.82) is 0 Å². The summed E-state index contributed by atoms with van der Waals surface area (Å²) in [6.45, 7) is 2.37. The maximum Gasteiger partial charge on any atom is 0.246 e. The molecule has 1 aliphatic heterocycles. The van der Waals surface area contributed by atoms with E-state index in [0.29, 0.717) is 25.2 Å². The summed E-state index contributed by atoms with van der Waals surface area (Å²) in [6, 6.07) is 9.22. The van der Waals surface area contributed by atoms with Crippen LogP contribution in [0.1, 0.15) is 28.9 Å². The highest BCUT2D eigenvalue weighted by Gasteiger charge is 2.21. The van der Waals surface area contributed by atoms with E-state index >= 15 is 0 Å². The molecule has 0 spiro atoms. The van der Waals surface area contributed by atoms with Crippen LogP contribution in [0.15, 0.2) is 47.0 Å². The van der Waals surface area contributed by atoms with E-state index in [1.807, 2.05) is 37.3 Å². The molecule has 0 radical (unpaired) electrons. The topological polar surface area (TPSA) is 101 Å². The molecule has 0 saturated heterocycles. The number of benzene rings is 1. The molecule has 0 aliphatic carbocycles. The summed E-state index contributed by atoms with van der Waals surface area (Å²) in [4.78, 5) is 30.4. The third-order valence-corrected chi connectivity index (χ3v) is 5.38. The molecule has 1 aliphatic rings. The van der Waals surface area contributed by atoms with E-state index in [1.165, 1.54) is 6.08 Å². The molecule has 0 saturated carbocycles. The molecule has 30 heavy (non-hydrogen) atoms. The molecule has 0 bridgehead atoms. The Kier molecular flexibility index (Phi) is 5.37. The monoisotopic (exact) mass is 404 g/mol. The maximum atomic E-state index is 12.6.